The van der Waals surface area contributed by atoms with E-state index in [1.165, 1.54) is 12.7 Å². The molecule has 0 aliphatic carbocycles. The first-order valence-corrected chi connectivity index (χ1v) is 11.5. The van der Waals surface area contributed by atoms with E-state index in [1.54, 1.807) is 48.1 Å². The second-order valence-corrected chi connectivity index (χ2v) is 8.60. The van der Waals surface area contributed by atoms with Crippen molar-refractivity contribution >= 4 is 46.2 Å². The quantitative estimate of drug-likeness (QED) is 0.343. The Hall–Kier alpha value is -4.22. The van der Waals surface area contributed by atoms with Crippen LogP contribution in [-0.4, -0.2) is 47.1 Å². The summed E-state index contributed by atoms with van der Waals surface area (Å²) in [7, 11) is 0. The molecule has 1 atom stereocenters. The van der Waals surface area contributed by atoms with Crippen LogP contribution in [0.4, 0.5) is 15.9 Å². The number of rotatable bonds is 5. The van der Waals surface area contributed by atoms with E-state index < -0.39 is 5.82 Å². The molecule has 0 saturated heterocycles. The van der Waals surface area contributed by atoms with Crippen molar-refractivity contribution in [2.75, 3.05) is 11.9 Å². The Morgan fingerprint density at radius 2 is 2.03 bits per heavy atom. The molecule has 12 heteroatoms. The fraction of sp³-hybridized carbons (Fsp3) is 0.200. The molecule has 1 aliphatic heterocycles. The number of nitrogens with one attached hydrogen (secondary N) is 2. The average molecular weight is 520 g/mol. The Morgan fingerprint density at radius 1 is 1.14 bits per heavy atom. The van der Waals surface area contributed by atoms with Gasteiger partial charge in [0.25, 0.3) is 0 Å². The molecule has 10 nitrogen and oxygen atoms in total. The summed E-state index contributed by atoms with van der Waals surface area (Å²) in [6.45, 7) is 4.55. The van der Waals surface area contributed by atoms with Crippen LogP contribution in [-0.2, 0) is 0 Å². The maximum atomic E-state index is 15.4. The third kappa shape index (κ3) is 4.78. The Kier molecular flexibility index (Phi) is 6.64. The van der Waals surface area contributed by atoms with E-state index in [1.807, 2.05) is 0 Å². The Morgan fingerprint density at radius 3 is 2.89 bits per heavy atom. The summed E-state index contributed by atoms with van der Waals surface area (Å²) in [5.41, 5.74) is 3.39. The van der Waals surface area contributed by atoms with Crippen molar-refractivity contribution in [2.45, 2.75) is 26.3 Å². The number of hydrogen-bond acceptors (Lipinski definition) is 9. The number of fused-ring (bicyclic) bond motifs is 2. The van der Waals surface area contributed by atoms with Crippen molar-refractivity contribution in [3.8, 4) is 11.5 Å². The van der Waals surface area contributed by atoms with E-state index in [2.05, 4.69) is 48.7 Å². The molecule has 0 spiro atoms. The van der Waals surface area contributed by atoms with Gasteiger partial charge >= 0.3 is 0 Å². The highest BCUT2D eigenvalue weighted by Crippen LogP contribution is 2.33. The lowest BCUT2D eigenvalue weighted by molar-refractivity contribution is 0.471. The van der Waals surface area contributed by atoms with Crippen molar-refractivity contribution in [2.24, 2.45) is 0 Å². The molecule has 0 fully saturated rings. The Labute approximate surface area is 217 Å². The largest absolute Gasteiger partial charge is 0.457 e. The molecule has 0 radical (unpaired) electrons. The van der Waals surface area contributed by atoms with Gasteiger partial charge in [0, 0.05) is 30.4 Å². The van der Waals surface area contributed by atoms with Gasteiger partial charge < -0.3 is 15.4 Å². The predicted octanol–water partition coefficient (Wildman–Crippen LogP) is 4.63. The molecule has 1 aliphatic rings. The molecule has 5 heterocycles. The molecule has 0 unspecified atom stereocenters. The van der Waals surface area contributed by atoms with Gasteiger partial charge in [0.15, 0.2) is 23.1 Å². The zero-order chi connectivity index (χ0) is 24.6. The van der Waals surface area contributed by atoms with Crippen LogP contribution >= 0.6 is 12.4 Å². The zero-order valence-electron chi connectivity index (χ0n) is 20.0. The zero-order valence-corrected chi connectivity index (χ0v) is 20.8. The number of aromatic nitrogens is 7. The van der Waals surface area contributed by atoms with Gasteiger partial charge in [-0.15, -0.1) is 12.4 Å². The van der Waals surface area contributed by atoms with E-state index in [0.717, 1.165) is 18.5 Å². The van der Waals surface area contributed by atoms with Gasteiger partial charge in [0.05, 0.1) is 11.9 Å². The second kappa shape index (κ2) is 10.0. The summed E-state index contributed by atoms with van der Waals surface area (Å²) >= 11 is 0. The number of pyridine rings is 1. The number of halogens is 2. The molecule has 0 bridgehead atoms. The lowest BCUT2D eigenvalue weighted by Crippen LogP contribution is -2.30. The van der Waals surface area contributed by atoms with Gasteiger partial charge in [-0.05, 0) is 44.0 Å². The molecule has 1 aromatic carbocycles. The minimum absolute atomic E-state index is 0. The third-order valence-corrected chi connectivity index (χ3v) is 6.08. The van der Waals surface area contributed by atoms with Crippen LogP contribution in [0.25, 0.3) is 22.3 Å². The summed E-state index contributed by atoms with van der Waals surface area (Å²) in [6, 6.07) is 7.14. The van der Waals surface area contributed by atoms with Gasteiger partial charge in [-0.3, -0.25) is 0 Å². The smallest absolute Gasteiger partial charge is 0.160 e. The number of nitrogens with zero attached hydrogens (tertiary/aromatic N) is 7. The van der Waals surface area contributed by atoms with E-state index in [0.29, 0.717) is 51.4 Å². The molecule has 0 saturated carbocycles. The first-order chi connectivity index (χ1) is 17.5. The summed E-state index contributed by atoms with van der Waals surface area (Å²) in [5, 5.41) is 10.5. The predicted molar refractivity (Wildman–Crippen MR) is 140 cm³/mol. The van der Waals surface area contributed by atoms with Gasteiger partial charge in [0.1, 0.15) is 35.2 Å². The molecule has 188 valence electrons. The normalized spacial score (nSPS) is 15.3. The van der Waals surface area contributed by atoms with E-state index in [9.17, 15) is 0 Å². The first kappa shape index (κ1) is 24.5. The fourth-order valence-electron chi connectivity index (χ4n) is 4.14. The number of benzene rings is 1. The van der Waals surface area contributed by atoms with E-state index >= 15 is 4.39 Å². The Bertz CT molecular complexity index is 1640. The van der Waals surface area contributed by atoms with Gasteiger partial charge in [0.2, 0.25) is 0 Å². The minimum atomic E-state index is -0.452. The van der Waals surface area contributed by atoms with Crippen molar-refractivity contribution in [3.05, 3.63) is 72.6 Å². The molecular formula is C25H23ClFN9O. The third-order valence-electron chi connectivity index (χ3n) is 6.08. The summed E-state index contributed by atoms with van der Waals surface area (Å²) in [6.07, 6.45) is 9.17. The SMILES string of the molecule is Cc1c(Oc2ccn3ncnc3c2)ccc(Nc2ncnc3cnc(C4=CCN[C@@H](C)C4)nc23)c1F.Cl. The van der Waals surface area contributed by atoms with Gasteiger partial charge in [-0.2, -0.15) is 5.10 Å². The highest BCUT2D eigenvalue weighted by atomic mass is 35.5. The van der Waals surface area contributed by atoms with Crippen LogP contribution in [0.5, 0.6) is 11.5 Å². The standard InChI is InChI=1S/C25H22FN9O.ClH/c1-14-9-16(5-7-27-14)24-28-11-19-23(34-24)25(31-12-29-19)33-18-3-4-20(15(2)22(18)26)36-17-6-8-35-21(10-17)30-13-32-35;/h3-6,8,10-14,27H,7,9H2,1-2H3,(H,29,31,33);1H/t14-;/m0./s1. The highest BCUT2D eigenvalue weighted by Gasteiger charge is 2.18. The van der Waals surface area contributed by atoms with E-state index in [-0.39, 0.29) is 18.1 Å². The first-order valence-electron chi connectivity index (χ1n) is 11.5. The van der Waals surface area contributed by atoms with Crippen molar-refractivity contribution in [1.82, 2.24) is 39.9 Å². The van der Waals surface area contributed by atoms with Gasteiger partial charge in [-0.1, -0.05) is 6.08 Å². The van der Waals surface area contributed by atoms with Crippen molar-refractivity contribution in [1.29, 1.82) is 0 Å². The van der Waals surface area contributed by atoms with E-state index in [4.69, 9.17) is 9.72 Å². The lowest BCUT2D eigenvalue weighted by Gasteiger charge is -2.20. The topological polar surface area (TPSA) is 115 Å². The monoisotopic (exact) mass is 519 g/mol. The van der Waals surface area contributed by atoms with Crippen LogP contribution in [0.2, 0.25) is 0 Å². The number of ether oxygens (including phenoxy) is 1. The Balaban J connectivity index is 0.00000280. The van der Waals surface area contributed by atoms with Crippen LogP contribution in [0.15, 0.2) is 55.4 Å². The minimum Gasteiger partial charge on any atom is -0.457 e. The number of anilines is 2. The fourth-order valence-corrected chi connectivity index (χ4v) is 4.14. The molecule has 0 amide bonds. The molecular weight excluding hydrogens is 497 g/mol. The lowest BCUT2D eigenvalue weighted by atomic mass is 10.0. The molecule has 37 heavy (non-hydrogen) atoms. The van der Waals surface area contributed by atoms with Crippen molar-refractivity contribution in [3.63, 3.8) is 0 Å². The van der Waals surface area contributed by atoms with Crippen LogP contribution in [0, 0.1) is 12.7 Å². The summed E-state index contributed by atoms with van der Waals surface area (Å²) in [5.74, 6) is 1.50. The van der Waals surface area contributed by atoms with Gasteiger partial charge in [-0.25, -0.2) is 33.8 Å². The molecule has 5 aromatic rings. The average Bonchev–Trinajstić information content (AvgIpc) is 3.36. The number of hydrogen-bond donors (Lipinski definition) is 2. The van der Waals surface area contributed by atoms with Crippen molar-refractivity contribution < 1.29 is 9.13 Å². The van der Waals surface area contributed by atoms with Crippen LogP contribution in [0.3, 0.4) is 0 Å². The molecule has 6 rings (SSSR count). The second-order valence-electron chi connectivity index (χ2n) is 8.60. The highest BCUT2D eigenvalue weighted by molar-refractivity contribution is 5.87. The maximum Gasteiger partial charge on any atom is 0.160 e. The summed E-state index contributed by atoms with van der Waals surface area (Å²) < 4.78 is 23.0. The summed E-state index contributed by atoms with van der Waals surface area (Å²) in [4.78, 5) is 22.0. The maximum absolute atomic E-state index is 15.4. The molecule has 4 aromatic heterocycles. The van der Waals surface area contributed by atoms with Crippen LogP contribution in [0.1, 0.15) is 24.7 Å². The van der Waals surface area contributed by atoms with Crippen LogP contribution < -0.4 is 15.4 Å². The molecule has 2 N–H and O–H groups in total.